The maximum Gasteiger partial charge on any atom is 0.321 e. The number of urea groups is 1. The number of ether oxygens (including phenoxy) is 1. The zero-order chi connectivity index (χ0) is 16.4. The Morgan fingerprint density at radius 3 is 2.52 bits per heavy atom. The third-order valence-corrected chi connectivity index (χ3v) is 4.75. The summed E-state index contributed by atoms with van der Waals surface area (Å²) in [7, 11) is 0. The van der Waals surface area contributed by atoms with Crippen LogP contribution in [-0.2, 0) is 4.74 Å². The zero-order valence-electron chi connectivity index (χ0n) is 12.7. The molecule has 23 heavy (non-hydrogen) atoms. The molecule has 2 aliphatic heterocycles. The second-order valence-corrected chi connectivity index (χ2v) is 6.31. The molecule has 7 heteroatoms. The lowest BCUT2D eigenvalue weighted by molar-refractivity contribution is -0.0175. The van der Waals surface area contributed by atoms with Gasteiger partial charge in [-0.1, -0.05) is 0 Å². The fraction of sp³-hybridized carbons (Fsp3) is 0.562. The molecule has 1 spiro atoms. The summed E-state index contributed by atoms with van der Waals surface area (Å²) in [5.41, 5.74) is -0.291. The van der Waals surface area contributed by atoms with Crippen LogP contribution < -0.4 is 5.32 Å². The van der Waals surface area contributed by atoms with Gasteiger partial charge in [-0.15, -0.1) is 0 Å². The van der Waals surface area contributed by atoms with Gasteiger partial charge in [0.05, 0.1) is 5.69 Å². The molecule has 0 unspecified atom stereocenters. The number of nitrogens with one attached hydrogen (secondary N) is 1. The monoisotopic (exact) mass is 328 g/mol. The first-order chi connectivity index (χ1) is 11.0. The minimum Gasteiger partial charge on any atom is -0.381 e. The number of benzene rings is 1. The highest BCUT2D eigenvalue weighted by molar-refractivity contribution is 5.89. The van der Waals surface area contributed by atoms with Gasteiger partial charge in [0, 0.05) is 38.4 Å². The summed E-state index contributed by atoms with van der Waals surface area (Å²) in [5.74, 6) is -3.46. The molecule has 2 heterocycles. The molecule has 3 rings (SSSR count). The highest BCUT2D eigenvalue weighted by Crippen LogP contribution is 2.39. The number of piperidine rings is 1. The second-order valence-electron chi connectivity index (χ2n) is 6.31. The number of carbonyl (C=O) groups is 1. The van der Waals surface area contributed by atoms with E-state index in [4.69, 9.17) is 4.74 Å². The average molecular weight is 328 g/mol. The summed E-state index contributed by atoms with van der Waals surface area (Å²) in [5, 5.41) is 2.34. The fourth-order valence-electron chi connectivity index (χ4n) is 3.41. The maximum atomic E-state index is 13.6. The smallest absolute Gasteiger partial charge is 0.321 e. The summed E-state index contributed by atoms with van der Waals surface area (Å²) < 4.78 is 45.2. The lowest BCUT2D eigenvalue weighted by atomic mass is 9.74. The van der Waals surface area contributed by atoms with Crippen molar-refractivity contribution < 1.29 is 22.7 Å². The summed E-state index contributed by atoms with van der Waals surface area (Å²) in [6.45, 7) is 2.52. The SMILES string of the molecule is O=C(Nc1cc(F)c(F)cc1F)N1CCCC2(CCOCC2)C1. The number of anilines is 1. The van der Waals surface area contributed by atoms with E-state index < -0.39 is 23.5 Å². The Kier molecular flexibility index (Phi) is 4.48. The Balaban J connectivity index is 1.69. The van der Waals surface area contributed by atoms with Crippen LogP contribution in [0.3, 0.4) is 0 Å². The summed E-state index contributed by atoms with van der Waals surface area (Å²) in [6.07, 6.45) is 3.71. The number of nitrogens with zero attached hydrogens (tertiary/aromatic N) is 1. The van der Waals surface area contributed by atoms with Crippen molar-refractivity contribution in [2.75, 3.05) is 31.6 Å². The standard InChI is InChI=1S/C16H19F3N2O2/c17-11-8-13(19)14(9-12(11)18)20-15(22)21-5-1-2-16(10-21)3-6-23-7-4-16/h8-9H,1-7,10H2,(H,20,22). The van der Waals surface area contributed by atoms with E-state index in [9.17, 15) is 18.0 Å². The Morgan fingerprint density at radius 1 is 1.09 bits per heavy atom. The van der Waals surface area contributed by atoms with Gasteiger partial charge >= 0.3 is 6.03 Å². The van der Waals surface area contributed by atoms with Gasteiger partial charge in [0.15, 0.2) is 11.6 Å². The van der Waals surface area contributed by atoms with Gasteiger partial charge in [-0.25, -0.2) is 18.0 Å². The van der Waals surface area contributed by atoms with Crippen molar-refractivity contribution in [3.63, 3.8) is 0 Å². The summed E-state index contributed by atoms with van der Waals surface area (Å²) in [6, 6.07) is 0.609. The lowest BCUT2D eigenvalue weighted by Gasteiger charge is -2.44. The molecular weight excluding hydrogens is 309 g/mol. The normalized spacial score (nSPS) is 20.6. The number of rotatable bonds is 1. The van der Waals surface area contributed by atoms with Crippen LogP contribution >= 0.6 is 0 Å². The van der Waals surface area contributed by atoms with Crippen LogP contribution in [0, 0.1) is 22.9 Å². The Bertz CT molecular complexity index is 598. The number of hydrogen-bond donors (Lipinski definition) is 1. The third kappa shape index (κ3) is 3.44. The van der Waals surface area contributed by atoms with Crippen LogP contribution in [-0.4, -0.2) is 37.2 Å². The van der Waals surface area contributed by atoms with E-state index in [0.29, 0.717) is 38.4 Å². The van der Waals surface area contributed by atoms with E-state index in [1.165, 1.54) is 0 Å². The van der Waals surface area contributed by atoms with Crippen LogP contribution in [0.5, 0.6) is 0 Å². The molecule has 2 aliphatic rings. The first kappa shape index (κ1) is 16.1. The van der Waals surface area contributed by atoms with Crippen molar-refractivity contribution in [2.45, 2.75) is 25.7 Å². The molecular formula is C16H19F3N2O2. The van der Waals surface area contributed by atoms with Gasteiger partial charge in [0.25, 0.3) is 0 Å². The summed E-state index contributed by atoms with van der Waals surface area (Å²) in [4.78, 5) is 14.0. The second kappa shape index (κ2) is 6.39. The number of carbonyl (C=O) groups excluding carboxylic acids is 1. The average Bonchev–Trinajstić information content (AvgIpc) is 2.53. The molecule has 0 atom stereocenters. The molecule has 4 nitrogen and oxygen atoms in total. The highest BCUT2D eigenvalue weighted by Gasteiger charge is 2.38. The molecule has 2 saturated heterocycles. The van der Waals surface area contributed by atoms with Gasteiger partial charge in [-0.2, -0.15) is 0 Å². The molecule has 1 N–H and O–H groups in total. The minimum absolute atomic E-state index is 0.0560. The van der Waals surface area contributed by atoms with Gasteiger partial charge < -0.3 is 15.0 Å². The molecule has 0 aromatic heterocycles. The van der Waals surface area contributed by atoms with Crippen molar-refractivity contribution in [1.82, 2.24) is 4.90 Å². The maximum absolute atomic E-state index is 13.6. The highest BCUT2D eigenvalue weighted by atomic mass is 19.2. The van der Waals surface area contributed by atoms with Gasteiger partial charge in [-0.3, -0.25) is 0 Å². The van der Waals surface area contributed by atoms with E-state index in [-0.39, 0.29) is 11.1 Å². The van der Waals surface area contributed by atoms with Crippen molar-refractivity contribution in [1.29, 1.82) is 0 Å². The molecule has 0 radical (unpaired) electrons. The van der Waals surface area contributed by atoms with Crippen molar-refractivity contribution in [2.24, 2.45) is 5.41 Å². The molecule has 1 aromatic rings. The van der Waals surface area contributed by atoms with Crippen LogP contribution in [0.1, 0.15) is 25.7 Å². The number of halogens is 3. The Morgan fingerprint density at radius 2 is 1.78 bits per heavy atom. The lowest BCUT2D eigenvalue weighted by Crippen LogP contribution is -2.49. The van der Waals surface area contributed by atoms with Crippen molar-refractivity contribution >= 4 is 11.7 Å². The van der Waals surface area contributed by atoms with Gasteiger partial charge in [0.2, 0.25) is 0 Å². The predicted molar refractivity (Wildman–Crippen MR) is 78.6 cm³/mol. The Labute approximate surface area is 132 Å². The summed E-state index contributed by atoms with van der Waals surface area (Å²) >= 11 is 0. The first-order valence-corrected chi connectivity index (χ1v) is 7.77. The molecule has 0 aliphatic carbocycles. The molecule has 0 bridgehead atoms. The molecule has 126 valence electrons. The molecule has 2 fully saturated rings. The van der Waals surface area contributed by atoms with Crippen LogP contribution in [0.2, 0.25) is 0 Å². The largest absolute Gasteiger partial charge is 0.381 e. The van der Waals surface area contributed by atoms with E-state index >= 15 is 0 Å². The first-order valence-electron chi connectivity index (χ1n) is 7.77. The number of likely N-dealkylation sites (tertiary alicyclic amines) is 1. The topological polar surface area (TPSA) is 41.6 Å². The van der Waals surface area contributed by atoms with E-state index in [1.807, 2.05) is 0 Å². The predicted octanol–water partition coefficient (Wildman–Crippen LogP) is 3.53. The van der Waals surface area contributed by atoms with Crippen molar-refractivity contribution in [3.8, 4) is 0 Å². The minimum atomic E-state index is -1.28. The van der Waals surface area contributed by atoms with Crippen molar-refractivity contribution in [3.05, 3.63) is 29.6 Å². The van der Waals surface area contributed by atoms with Crippen LogP contribution in [0.15, 0.2) is 12.1 Å². The van der Waals surface area contributed by atoms with Crippen LogP contribution in [0.4, 0.5) is 23.7 Å². The fourth-order valence-corrected chi connectivity index (χ4v) is 3.41. The van der Waals surface area contributed by atoms with E-state index in [2.05, 4.69) is 5.32 Å². The Hall–Kier alpha value is -1.76. The third-order valence-electron chi connectivity index (χ3n) is 4.75. The molecule has 1 aromatic carbocycles. The van der Waals surface area contributed by atoms with E-state index in [1.54, 1.807) is 4.90 Å². The van der Waals surface area contributed by atoms with Gasteiger partial charge in [-0.05, 0) is 31.1 Å². The number of hydrogen-bond acceptors (Lipinski definition) is 2. The molecule has 0 saturated carbocycles. The van der Waals surface area contributed by atoms with Gasteiger partial charge in [0.1, 0.15) is 5.82 Å². The molecule has 2 amide bonds. The van der Waals surface area contributed by atoms with Crippen LogP contribution in [0.25, 0.3) is 0 Å². The quantitative estimate of drug-likeness (QED) is 0.801. The van der Waals surface area contributed by atoms with E-state index in [0.717, 1.165) is 25.7 Å². The zero-order valence-corrected chi connectivity index (χ0v) is 12.7. The number of amides is 2.